The Morgan fingerprint density at radius 2 is 1.61 bits per heavy atom. The van der Waals surface area contributed by atoms with Crippen molar-refractivity contribution in [1.29, 1.82) is 0 Å². The minimum absolute atomic E-state index is 0.0886. The first-order valence-corrected chi connectivity index (χ1v) is 8.45. The van der Waals surface area contributed by atoms with E-state index in [1.165, 1.54) is 22.3 Å². The molecule has 0 heterocycles. The molecule has 0 aliphatic heterocycles. The first kappa shape index (κ1) is 19.2. The molecule has 23 heavy (non-hydrogen) atoms. The number of carbonyl (C=O) groups excluding carboxylic acids is 1. The van der Waals surface area contributed by atoms with E-state index >= 15 is 0 Å². The van der Waals surface area contributed by atoms with Crippen LogP contribution in [0.25, 0.3) is 0 Å². The van der Waals surface area contributed by atoms with Crippen molar-refractivity contribution < 1.29 is 14.7 Å². The minimum Gasteiger partial charge on any atom is -0.481 e. The molecule has 1 rings (SSSR count). The first-order valence-electron chi connectivity index (χ1n) is 8.45. The van der Waals surface area contributed by atoms with Crippen LogP contribution >= 0.6 is 0 Å². The van der Waals surface area contributed by atoms with Crippen molar-refractivity contribution in [3.63, 3.8) is 0 Å². The van der Waals surface area contributed by atoms with E-state index in [-0.39, 0.29) is 12.3 Å². The SMILES string of the molecule is Cc1cc(C)c(CCCC(=O)NCCCCCC(=O)O)c(C)c1. The van der Waals surface area contributed by atoms with Crippen molar-refractivity contribution >= 4 is 11.9 Å². The van der Waals surface area contributed by atoms with Gasteiger partial charge in [0.1, 0.15) is 0 Å². The number of amides is 1. The Bertz CT molecular complexity index is 514. The molecule has 0 spiro atoms. The molecule has 0 saturated carbocycles. The third kappa shape index (κ3) is 7.82. The summed E-state index contributed by atoms with van der Waals surface area (Å²) in [7, 11) is 0. The Morgan fingerprint density at radius 3 is 2.22 bits per heavy atom. The zero-order chi connectivity index (χ0) is 17.2. The van der Waals surface area contributed by atoms with Gasteiger partial charge in [-0.3, -0.25) is 9.59 Å². The lowest BCUT2D eigenvalue weighted by Crippen LogP contribution is -2.24. The van der Waals surface area contributed by atoms with Crippen LogP contribution in [0.2, 0.25) is 0 Å². The van der Waals surface area contributed by atoms with Gasteiger partial charge < -0.3 is 10.4 Å². The summed E-state index contributed by atoms with van der Waals surface area (Å²) in [5.74, 6) is -0.665. The molecule has 1 aromatic rings. The molecule has 0 unspecified atom stereocenters. The molecule has 0 atom stereocenters. The van der Waals surface area contributed by atoms with Gasteiger partial charge in [-0.25, -0.2) is 0 Å². The Morgan fingerprint density at radius 1 is 0.957 bits per heavy atom. The number of hydrogen-bond acceptors (Lipinski definition) is 2. The second kappa shape index (κ2) is 10.0. The van der Waals surface area contributed by atoms with E-state index in [0.29, 0.717) is 19.4 Å². The Kier molecular flexibility index (Phi) is 8.38. The summed E-state index contributed by atoms with van der Waals surface area (Å²) in [6, 6.07) is 4.39. The average Bonchev–Trinajstić information content (AvgIpc) is 2.45. The second-order valence-electron chi connectivity index (χ2n) is 6.29. The molecule has 4 heteroatoms. The van der Waals surface area contributed by atoms with Crippen LogP contribution in [-0.4, -0.2) is 23.5 Å². The number of hydrogen-bond donors (Lipinski definition) is 2. The number of aryl methyl sites for hydroxylation is 3. The number of aliphatic carboxylic acids is 1. The van der Waals surface area contributed by atoms with Crippen LogP contribution in [0.15, 0.2) is 12.1 Å². The van der Waals surface area contributed by atoms with Gasteiger partial charge in [-0.05, 0) is 63.1 Å². The molecule has 0 bridgehead atoms. The summed E-state index contributed by atoms with van der Waals surface area (Å²) in [6.45, 7) is 7.01. The molecule has 0 saturated heterocycles. The van der Waals surface area contributed by atoms with Gasteiger partial charge in [0.15, 0.2) is 0 Å². The molecule has 0 aromatic heterocycles. The Labute approximate surface area is 139 Å². The van der Waals surface area contributed by atoms with Crippen LogP contribution in [0, 0.1) is 20.8 Å². The van der Waals surface area contributed by atoms with Crippen LogP contribution in [-0.2, 0) is 16.0 Å². The minimum atomic E-state index is -0.754. The summed E-state index contributed by atoms with van der Waals surface area (Å²) in [5.41, 5.74) is 5.25. The van der Waals surface area contributed by atoms with Crippen LogP contribution in [0.5, 0.6) is 0 Å². The predicted octanol–water partition coefficient (Wildman–Crippen LogP) is 3.70. The van der Waals surface area contributed by atoms with Crippen LogP contribution in [0.1, 0.15) is 60.8 Å². The molecule has 0 aliphatic carbocycles. The van der Waals surface area contributed by atoms with Gasteiger partial charge in [0.2, 0.25) is 5.91 Å². The standard InChI is InChI=1S/C19H29NO3/c1-14-12-15(2)17(16(3)13-14)8-7-9-18(21)20-11-6-4-5-10-19(22)23/h12-13H,4-11H2,1-3H3,(H,20,21)(H,22,23). The molecule has 2 N–H and O–H groups in total. The van der Waals surface area contributed by atoms with Crippen molar-refractivity contribution in [2.45, 2.75) is 65.7 Å². The monoisotopic (exact) mass is 319 g/mol. The van der Waals surface area contributed by atoms with Crippen LogP contribution in [0.4, 0.5) is 0 Å². The molecule has 0 radical (unpaired) electrons. The summed E-state index contributed by atoms with van der Waals surface area (Å²) >= 11 is 0. The summed E-state index contributed by atoms with van der Waals surface area (Å²) in [4.78, 5) is 22.2. The Hall–Kier alpha value is -1.84. The maximum absolute atomic E-state index is 11.8. The highest BCUT2D eigenvalue weighted by Gasteiger charge is 2.06. The largest absolute Gasteiger partial charge is 0.481 e. The van der Waals surface area contributed by atoms with Crippen molar-refractivity contribution in [1.82, 2.24) is 5.32 Å². The highest BCUT2D eigenvalue weighted by Crippen LogP contribution is 2.18. The molecular formula is C19H29NO3. The highest BCUT2D eigenvalue weighted by molar-refractivity contribution is 5.75. The fraction of sp³-hybridized carbons (Fsp3) is 0.579. The molecule has 4 nitrogen and oxygen atoms in total. The van der Waals surface area contributed by atoms with Crippen LogP contribution < -0.4 is 5.32 Å². The zero-order valence-corrected chi connectivity index (χ0v) is 14.6. The number of carbonyl (C=O) groups is 2. The third-order valence-corrected chi connectivity index (χ3v) is 4.06. The molecule has 1 amide bonds. The normalized spacial score (nSPS) is 10.6. The van der Waals surface area contributed by atoms with E-state index in [1.807, 2.05) is 0 Å². The van der Waals surface area contributed by atoms with E-state index in [9.17, 15) is 9.59 Å². The highest BCUT2D eigenvalue weighted by atomic mass is 16.4. The number of nitrogens with one attached hydrogen (secondary N) is 1. The summed E-state index contributed by atoms with van der Waals surface area (Å²) in [6.07, 6.45) is 4.91. The van der Waals surface area contributed by atoms with Gasteiger partial charge in [0.25, 0.3) is 0 Å². The lowest BCUT2D eigenvalue weighted by Gasteiger charge is -2.11. The average molecular weight is 319 g/mol. The second-order valence-corrected chi connectivity index (χ2v) is 6.29. The van der Waals surface area contributed by atoms with Gasteiger partial charge in [-0.15, -0.1) is 0 Å². The molecule has 128 valence electrons. The fourth-order valence-corrected chi connectivity index (χ4v) is 2.92. The third-order valence-electron chi connectivity index (χ3n) is 4.06. The molecular weight excluding hydrogens is 290 g/mol. The van der Waals surface area contributed by atoms with Gasteiger partial charge in [-0.2, -0.15) is 0 Å². The molecule has 0 aliphatic rings. The van der Waals surface area contributed by atoms with Crippen molar-refractivity contribution in [2.75, 3.05) is 6.54 Å². The number of rotatable bonds is 10. The van der Waals surface area contributed by atoms with E-state index in [0.717, 1.165) is 25.7 Å². The van der Waals surface area contributed by atoms with Crippen molar-refractivity contribution in [3.8, 4) is 0 Å². The summed E-state index contributed by atoms with van der Waals surface area (Å²) < 4.78 is 0. The zero-order valence-electron chi connectivity index (χ0n) is 14.6. The first-order chi connectivity index (χ1) is 10.9. The van der Waals surface area contributed by atoms with Gasteiger partial charge in [-0.1, -0.05) is 24.1 Å². The Balaban J connectivity index is 2.18. The number of unbranched alkanes of at least 4 members (excludes halogenated alkanes) is 2. The van der Waals surface area contributed by atoms with Crippen molar-refractivity contribution in [2.24, 2.45) is 0 Å². The molecule has 0 fully saturated rings. The maximum Gasteiger partial charge on any atom is 0.303 e. The maximum atomic E-state index is 11.8. The lowest BCUT2D eigenvalue weighted by atomic mass is 9.95. The van der Waals surface area contributed by atoms with Crippen molar-refractivity contribution in [3.05, 3.63) is 34.4 Å². The topological polar surface area (TPSA) is 66.4 Å². The van der Waals surface area contributed by atoms with E-state index in [2.05, 4.69) is 38.2 Å². The van der Waals surface area contributed by atoms with Gasteiger partial charge >= 0.3 is 5.97 Å². The smallest absolute Gasteiger partial charge is 0.303 e. The number of carboxylic acid groups (broad SMARTS) is 1. The number of benzene rings is 1. The predicted molar refractivity (Wildman–Crippen MR) is 92.7 cm³/mol. The molecule has 1 aromatic carbocycles. The van der Waals surface area contributed by atoms with Crippen LogP contribution in [0.3, 0.4) is 0 Å². The lowest BCUT2D eigenvalue weighted by molar-refractivity contribution is -0.137. The van der Waals surface area contributed by atoms with Gasteiger partial charge in [0, 0.05) is 19.4 Å². The van der Waals surface area contributed by atoms with E-state index < -0.39 is 5.97 Å². The number of carboxylic acids is 1. The quantitative estimate of drug-likeness (QED) is 0.646. The fourth-order valence-electron chi connectivity index (χ4n) is 2.92. The van der Waals surface area contributed by atoms with E-state index in [1.54, 1.807) is 0 Å². The summed E-state index contributed by atoms with van der Waals surface area (Å²) in [5, 5.41) is 11.4. The van der Waals surface area contributed by atoms with E-state index in [4.69, 9.17) is 5.11 Å². The van der Waals surface area contributed by atoms with Gasteiger partial charge in [0.05, 0.1) is 0 Å².